The van der Waals surface area contributed by atoms with Crippen LogP contribution in [-0.2, 0) is 4.79 Å². The third-order valence-electron chi connectivity index (χ3n) is 2.40. The summed E-state index contributed by atoms with van der Waals surface area (Å²) in [6, 6.07) is 5.65. The van der Waals surface area contributed by atoms with Gasteiger partial charge < -0.3 is 10.6 Å². The highest BCUT2D eigenvalue weighted by Gasteiger charge is 2.23. The summed E-state index contributed by atoms with van der Waals surface area (Å²) < 4.78 is 0. The second-order valence-electron chi connectivity index (χ2n) is 3.33. The van der Waals surface area contributed by atoms with Crippen LogP contribution < -0.4 is 10.6 Å². The van der Waals surface area contributed by atoms with Gasteiger partial charge in [0.25, 0.3) is 0 Å². The molecular weight excluding hydrogens is 200 g/mol. The normalized spacial score (nSPS) is 20.1. The molecule has 1 aromatic carbocycles. The van der Waals surface area contributed by atoms with Gasteiger partial charge in [-0.1, -0.05) is 17.7 Å². The molecule has 0 radical (unpaired) electrons. The zero-order chi connectivity index (χ0) is 10.1. The lowest BCUT2D eigenvalue weighted by atomic mass is 9.98. The van der Waals surface area contributed by atoms with Gasteiger partial charge in [-0.2, -0.15) is 0 Å². The number of anilines is 1. The van der Waals surface area contributed by atoms with Gasteiger partial charge in [-0.15, -0.1) is 0 Å². The predicted octanol–water partition coefficient (Wildman–Crippen LogP) is 1.94. The van der Waals surface area contributed by atoms with Crippen LogP contribution in [0.25, 0.3) is 0 Å². The molecule has 3 nitrogen and oxygen atoms in total. The van der Waals surface area contributed by atoms with Crippen molar-refractivity contribution in [1.82, 2.24) is 5.32 Å². The number of fused-ring (bicyclic) bond motifs is 1. The van der Waals surface area contributed by atoms with Crippen molar-refractivity contribution in [2.75, 3.05) is 12.4 Å². The molecule has 1 aliphatic rings. The van der Waals surface area contributed by atoms with E-state index in [-0.39, 0.29) is 11.9 Å². The molecule has 2 N–H and O–H groups in total. The van der Waals surface area contributed by atoms with Crippen molar-refractivity contribution in [2.24, 2.45) is 0 Å². The molecular formula is C10H11ClN2O. The Labute approximate surface area is 87.4 Å². The van der Waals surface area contributed by atoms with Gasteiger partial charge >= 0.3 is 0 Å². The average molecular weight is 211 g/mol. The lowest BCUT2D eigenvalue weighted by molar-refractivity contribution is -0.117. The Balaban J connectivity index is 2.45. The smallest absolute Gasteiger partial charge is 0.226 e. The summed E-state index contributed by atoms with van der Waals surface area (Å²) in [6.07, 6.45) is 0.477. The molecule has 0 aliphatic carbocycles. The van der Waals surface area contributed by atoms with Crippen LogP contribution >= 0.6 is 11.6 Å². The van der Waals surface area contributed by atoms with E-state index in [9.17, 15) is 4.79 Å². The third-order valence-corrected chi connectivity index (χ3v) is 2.64. The Hall–Kier alpha value is -1.06. The Kier molecular flexibility index (Phi) is 2.44. The maximum atomic E-state index is 11.3. The minimum Gasteiger partial charge on any atom is -0.326 e. The van der Waals surface area contributed by atoms with Crippen LogP contribution in [0.2, 0.25) is 5.02 Å². The van der Waals surface area contributed by atoms with E-state index in [1.54, 1.807) is 6.07 Å². The summed E-state index contributed by atoms with van der Waals surface area (Å²) in [5.41, 5.74) is 1.91. The number of amides is 1. The molecule has 4 heteroatoms. The molecule has 0 saturated heterocycles. The van der Waals surface area contributed by atoms with Crippen molar-refractivity contribution in [3.63, 3.8) is 0 Å². The molecule has 2 rings (SSSR count). The first-order chi connectivity index (χ1) is 6.70. The van der Waals surface area contributed by atoms with Crippen molar-refractivity contribution in [1.29, 1.82) is 0 Å². The number of halogens is 1. The molecule has 1 heterocycles. The fourth-order valence-electron chi connectivity index (χ4n) is 1.69. The molecule has 1 aliphatic heterocycles. The summed E-state index contributed by atoms with van der Waals surface area (Å²) in [6.45, 7) is 0. The Morgan fingerprint density at radius 1 is 1.57 bits per heavy atom. The minimum atomic E-state index is 0.0270. The molecule has 74 valence electrons. The van der Waals surface area contributed by atoms with Gasteiger partial charge in [-0.05, 0) is 24.7 Å². The van der Waals surface area contributed by atoms with Crippen LogP contribution in [0.5, 0.6) is 0 Å². The fourth-order valence-corrected chi connectivity index (χ4v) is 1.87. The van der Waals surface area contributed by atoms with E-state index in [4.69, 9.17) is 11.6 Å². The predicted molar refractivity (Wildman–Crippen MR) is 56.5 cm³/mol. The topological polar surface area (TPSA) is 41.1 Å². The van der Waals surface area contributed by atoms with Crippen LogP contribution in [-0.4, -0.2) is 13.0 Å². The summed E-state index contributed by atoms with van der Waals surface area (Å²) in [5.74, 6) is 0.0270. The van der Waals surface area contributed by atoms with Crippen LogP contribution in [0.3, 0.4) is 0 Å². The fraction of sp³-hybridized carbons (Fsp3) is 0.300. The number of carbonyl (C=O) groups excluding carboxylic acids is 1. The first-order valence-corrected chi connectivity index (χ1v) is 4.85. The van der Waals surface area contributed by atoms with Crippen molar-refractivity contribution in [3.8, 4) is 0 Å². The molecule has 0 aromatic heterocycles. The second kappa shape index (κ2) is 3.59. The molecule has 1 atom stereocenters. The van der Waals surface area contributed by atoms with Gasteiger partial charge in [-0.3, -0.25) is 4.79 Å². The van der Waals surface area contributed by atoms with Crippen LogP contribution in [0, 0.1) is 0 Å². The largest absolute Gasteiger partial charge is 0.326 e. The Bertz CT molecular complexity index is 378. The number of benzene rings is 1. The lowest BCUT2D eigenvalue weighted by Crippen LogP contribution is -2.29. The van der Waals surface area contributed by atoms with Gasteiger partial charge in [0.05, 0.1) is 0 Å². The summed E-state index contributed by atoms with van der Waals surface area (Å²) in [7, 11) is 1.85. The summed E-state index contributed by atoms with van der Waals surface area (Å²) >= 11 is 5.84. The van der Waals surface area contributed by atoms with Crippen molar-refractivity contribution in [2.45, 2.75) is 12.5 Å². The Morgan fingerprint density at radius 3 is 3.07 bits per heavy atom. The van der Waals surface area contributed by atoms with Crippen LogP contribution in [0.4, 0.5) is 5.69 Å². The van der Waals surface area contributed by atoms with Gasteiger partial charge in [0.15, 0.2) is 0 Å². The van der Waals surface area contributed by atoms with Gasteiger partial charge in [0.1, 0.15) is 0 Å². The molecule has 1 aromatic rings. The lowest BCUT2D eigenvalue weighted by Gasteiger charge is -2.25. The zero-order valence-electron chi connectivity index (χ0n) is 7.80. The number of hydrogen-bond acceptors (Lipinski definition) is 2. The van der Waals surface area contributed by atoms with E-state index in [0.29, 0.717) is 11.4 Å². The van der Waals surface area contributed by atoms with Crippen molar-refractivity contribution >= 4 is 23.2 Å². The minimum absolute atomic E-state index is 0.0270. The second-order valence-corrected chi connectivity index (χ2v) is 3.76. The molecule has 1 unspecified atom stereocenters. The first kappa shape index (κ1) is 9.49. The number of nitrogens with one attached hydrogen (secondary N) is 2. The molecule has 0 spiro atoms. The molecule has 14 heavy (non-hydrogen) atoms. The van der Waals surface area contributed by atoms with Gasteiger partial charge in [-0.25, -0.2) is 0 Å². The SMILES string of the molecule is CNC1CC(=O)Nc2cc(Cl)ccc21. The maximum absolute atomic E-state index is 11.3. The number of rotatable bonds is 1. The maximum Gasteiger partial charge on any atom is 0.226 e. The van der Waals surface area contributed by atoms with Gasteiger partial charge in [0.2, 0.25) is 5.91 Å². The van der Waals surface area contributed by atoms with E-state index >= 15 is 0 Å². The van der Waals surface area contributed by atoms with Crippen molar-refractivity contribution < 1.29 is 4.79 Å². The van der Waals surface area contributed by atoms with Crippen LogP contribution in [0.1, 0.15) is 18.0 Å². The standard InChI is InChI=1S/C10H11ClN2O/c1-12-8-5-10(14)13-9-4-6(11)2-3-7(8)9/h2-4,8,12H,5H2,1H3,(H,13,14). The monoisotopic (exact) mass is 210 g/mol. The molecule has 0 bridgehead atoms. The highest BCUT2D eigenvalue weighted by Crippen LogP contribution is 2.31. The number of hydrogen-bond donors (Lipinski definition) is 2. The first-order valence-electron chi connectivity index (χ1n) is 4.47. The molecule has 0 saturated carbocycles. The zero-order valence-corrected chi connectivity index (χ0v) is 8.56. The summed E-state index contributed by atoms with van der Waals surface area (Å²) in [5, 5.41) is 6.55. The Morgan fingerprint density at radius 2 is 2.36 bits per heavy atom. The summed E-state index contributed by atoms with van der Waals surface area (Å²) in [4.78, 5) is 11.3. The van der Waals surface area contributed by atoms with E-state index in [2.05, 4.69) is 10.6 Å². The van der Waals surface area contributed by atoms with E-state index in [0.717, 1.165) is 11.3 Å². The van der Waals surface area contributed by atoms with E-state index in [1.165, 1.54) is 0 Å². The van der Waals surface area contributed by atoms with Crippen molar-refractivity contribution in [3.05, 3.63) is 28.8 Å². The highest BCUT2D eigenvalue weighted by molar-refractivity contribution is 6.31. The molecule has 0 fully saturated rings. The highest BCUT2D eigenvalue weighted by atomic mass is 35.5. The van der Waals surface area contributed by atoms with Crippen LogP contribution in [0.15, 0.2) is 18.2 Å². The quantitative estimate of drug-likeness (QED) is 0.744. The van der Waals surface area contributed by atoms with E-state index in [1.807, 2.05) is 19.2 Å². The van der Waals surface area contributed by atoms with E-state index < -0.39 is 0 Å². The van der Waals surface area contributed by atoms with Gasteiger partial charge in [0, 0.05) is 23.2 Å². The average Bonchev–Trinajstić information content (AvgIpc) is 2.15. The molecule has 1 amide bonds. The third kappa shape index (κ3) is 1.61. The number of carbonyl (C=O) groups is 1.